The average Bonchev–Trinajstić information content (AvgIpc) is 2.22. The normalized spacial score (nSPS) is 12.8. The van der Waals surface area contributed by atoms with Gasteiger partial charge in [-0.05, 0) is 27.2 Å². The van der Waals surface area contributed by atoms with E-state index in [1.165, 1.54) is 0 Å². The van der Waals surface area contributed by atoms with Crippen LogP contribution in [0.2, 0.25) is 0 Å². The first-order chi connectivity index (χ1) is 7.10. The van der Waals surface area contributed by atoms with Crippen molar-refractivity contribution < 1.29 is 4.74 Å². The smallest absolute Gasteiger partial charge is 0.254 e. The second kappa shape index (κ2) is 5.07. The van der Waals surface area contributed by atoms with Gasteiger partial charge in [0.2, 0.25) is 0 Å². The fourth-order valence-electron chi connectivity index (χ4n) is 1.41. The fourth-order valence-corrected chi connectivity index (χ4v) is 1.41. The van der Waals surface area contributed by atoms with E-state index in [9.17, 15) is 4.79 Å². The van der Waals surface area contributed by atoms with Gasteiger partial charge >= 0.3 is 0 Å². The number of H-pyrrole nitrogens is 1. The Hall–Kier alpha value is -1.16. The summed E-state index contributed by atoms with van der Waals surface area (Å²) in [5, 5.41) is 0. The van der Waals surface area contributed by atoms with E-state index in [0.717, 1.165) is 12.1 Å². The Morgan fingerprint density at radius 1 is 1.40 bits per heavy atom. The lowest BCUT2D eigenvalue weighted by molar-refractivity contribution is 0.0531. The lowest BCUT2D eigenvalue weighted by Gasteiger charge is -2.14. The van der Waals surface area contributed by atoms with Gasteiger partial charge in [-0.1, -0.05) is 6.92 Å². The number of rotatable bonds is 4. The molecule has 0 bridgehead atoms. The predicted octanol–water partition coefficient (Wildman–Crippen LogP) is 1.87. The molecule has 0 aliphatic rings. The van der Waals surface area contributed by atoms with Crippen LogP contribution in [0.15, 0.2) is 4.79 Å². The summed E-state index contributed by atoms with van der Waals surface area (Å²) in [6.07, 6.45) is 0.696. The van der Waals surface area contributed by atoms with Crippen molar-refractivity contribution in [3.63, 3.8) is 0 Å². The molecule has 1 aromatic rings. The van der Waals surface area contributed by atoms with E-state index in [0.29, 0.717) is 18.0 Å². The zero-order valence-corrected chi connectivity index (χ0v) is 9.76. The van der Waals surface area contributed by atoms with Gasteiger partial charge in [0.15, 0.2) is 0 Å². The molecule has 0 saturated carbocycles. The number of ether oxygens (including phenoxy) is 1. The summed E-state index contributed by atoms with van der Waals surface area (Å²) in [6.45, 7) is 8.17. The molecule has 84 valence electrons. The molecule has 0 amide bonds. The minimum absolute atomic E-state index is 0.0735. The van der Waals surface area contributed by atoms with E-state index in [4.69, 9.17) is 4.74 Å². The third kappa shape index (κ3) is 2.65. The van der Waals surface area contributed by atoms with E-state index in [-0.39, 0.29) is 11.7 Å². The molecule has 0 aliphatic heterocycles. The monoisotopic (exact) mass is 210 g/mol. The molecule has 15 heavy (non-hydrogen) atoms. The second-order valence-electron chi connectivity index (χ2n) is 3.51. The summed E-state index contributed by atoms with van der Waals surface area (Å²) in [5.74, 6) is 0.632. The number of hydrogen-bond donors (Lipinski definition) is 1. The van der Waals surface area contributed by atoms with Gasteiger partial charge in [0, 0.05) is 17.9 Å². The highest BCUT2D eigenvalue weighted by molar-refractivity contribution is 5.14. The van der Waals surface area contributed by atoms with Crippen LogP contribution in [-0.2, 0) is 4.74 Å². The lowest BCUT2D eigenvalue weighted by atomic mass is 10.2. The molecule has 0 fully saturated rings. The predicted molar refractivity (Wildman–Crippen MR) is 59.0 cm³/mol. The van der Waals surface area contributed by atoms with Crippen LogP contribution in [-0.4, -0.2) is 16.6 Å². The second-order valence-corrected chi connectivity index (χ2v) is 3.51. The van der Waals surface area contributed by atoms with E-state index < -0.39 is 0 Å². The maximum Gasteiger partial charge on any atom is 0.254 e. The van der Waals surface area contributed by atoms with Crippen LogP contribution in [0.4, 0.5) is 0 Å². The number of aryl methyl sites for hydroxylation is 1. The van der Waals surface area contributed by atoms with Crippen molar-refractivity contribution in [2.75, 3.05) is 6.61 Å². The fraction of sp³-hybridized carbons (Fsp3) is 0.636. The van der Waals surface area contributed by atoms with Crippen LogP contribution < -0.4 is 5.56 Å². The van der Waals surface area contributed by atoms with Crippen molar-refractivity contribution in [1.29, 1.82) is 0 Å². The van der Waals surface area contributed by atoms with Crippen LogP contribution in [0.25, 0.3) is 0 Å². The number of aromatic nitrogens is 2. The number of nitrogens with zero attached hydrogens (tertiary/aromatic N) is 1. The lowest BCUT2D eigenvalue weighted by Crippen LogP contribution is -2.19. The molecular weight excluding hydrogens is 192 g/mol. The molecule has 1 aromatic heterocycles. The molecule has 1 N–H and O–H groups in total. The van der Waals surface area contributed by atoms with Crippen molar-refractivity contribution in [2.45, 2.75) is 40.2 Å². The van der Waals surface area contributed by atoms with Crippen LogP contribution in [0, 0.1) is 13.8 Å². The van der Waals surface area contributed by atoms with E-state index in [1.54, 1.807) is 6.92 Å². The maximum absolute atomic E-state index is 11.5. The summed E-state index contributed by atoms with van der Waals surface area (Å²) >= 11 is 0. The Balaban J connectivity index is 3.09. The van der Waals surface area contributed by atoms with Gasteiger partial charge in [0.1, 0.15) is 11.9 Å². The molecule has 0 saturated heterocycles. The van der Waals surface area contributed by atoms with Crippen molar-refractivity contribution >= 4 is 0 Å². The number of aromatic amines is 1. The molecule has 0 spiro atoms. The van der Waals surface area contributed by atoms with E-state index in [1.807, 2.05) is 20.8 Å². The highest BCUT2D eigenvalue weighted by atomic mass is 16.5. The Morgan fingerprint density at radius 2 is 2.07 bits per heavy atom. The van der Waals surface area contributed by atoms with Crippen LogP contribution >= 0.6 is 0 Å². The topological polar surface area (TPSA) is 55.0 Å². The molecular formula is C11H18N2O2. The van der Waals surface area contributed by atoms with Crippen LogP contribution in [0.3, 0.4) is 0 Å². The first kappa shape index (κ1) is 11.9. The van der Waals surface area contributed by atoms with Crippen LogP contribution in [0.1, 0.15) is 43.5 Å². The molecule has 1 atom stereocenters. The van der Waals surface area contributed by atoms with Crippen LogP contribution in [0.5, 0.6) is 0 Å². The molecule has 0 radical (unpaired) electrons. The van der Waals surface area contributed by atoms with E-state index in [2.05, 4.69) is 9.97 Å². The molecule has 1 rings (SSSR count). The van der Waals surface area contributed by atoms with Gasteiger partial charge in [0.25, 0.3) is 5.56 Å². The Labute approximate surface area is 89.7 Å². The quantitative estimate of drug-likeness (QED) is 0.825. The average molecular weight is 210 g/mol. The Morgan fingerprint density at radius 3 is 2.53 bits per heavy atom. The molecule has 0 aromatic carbocycles. The van der Waals surface area contributed by atoms with Crippen molar-refractivity contribution in [3.05, 3.63) is 27.4 Å². The summed E-state index contributed by atoms with van der Waals surface area (Å²) in [7, 11) is 0. The van der Waals surface area contributed by atoms with Gasteiger partial charge in [-0.15, -0.1) is 0 Å². The minimum Gasteiger partial charge on any atom is -0.371 e. The highest BCUT2D eigenvalue weighted by Crippen LogP contribution is 2.16. The van der Waals surface area contributed by atoms with Gasteiger partial charge in [-0.2, -0.15) is 0 Å². The summed E-state index contributed by atoms with van der Waals surface area (Å²) in [5.41, 5.74) is 1.37. The SMILES string of the molecule is CCOC(CC)c1nc(C)c(C)c(=O)[nH]1. The summed E-state index contributed by atoms with van der Waals surface area (Å²) < 4.78 is 5.49. The molecule has 0 aliphatic carbocycles. The van der Waals surface area contributed by atoms with Gasteiger partial charge in [0.05, 0.1) is 0 Å². The number of hydrogen-bond acceptors (Lipinski definition) is 3. The van der Waals surface area contributed by atoms with Gasteiger partial charge < -0.3 is 9.72 Å². The van der Waals surface area contributed by atoms with Gasteiger partial charge in [-0.25, -0.2) is 4.98 Å². The first-order valence-electron chi connectivity index (χ1n) is 5.29. The van der Waals surface area contributed by atoms with E-state index >= 15 is 0 Å². The molecule has 1 unspecified atom stereocenters. The van der Waals surface area contributed by atoms with Gasteiger partial charge in [-0.3, -0.25) is 4.79 Å². The summed E-state index contributed by atoms with van der Waals surface area (Å²) in [4.78, 5) is 18.6. The van der Waals surface area contributed by atoms with Crippen molar-refractivity contribution in [2.24, 2.45) is 0 Å². The summed E-state index contributed by atoms with van der Waals surface area (Å²) in [6, 6.07) is 0. The zero-order chi connectivity index (χ0) is 11.4. The third-order valence-electron chi connectivity index (χ3n) is 2.46. The molecule has 4 heteroatoms. The Bertz CT molecular complexity index is 385. The first-order valence-corrected chi connectivity index (χ1v) is 5.29. The molecule has 1 heterocycles. The molecule has 4 nitrogen and oxygen atoms in total. The highest BCUT2D eigenvalue weighted by Gasteiger charge is 2.13. The Kier molecular flexibility index (Phi) is 4.03. The third-order valence-corrected chi connectivity index (χ3v) is 2.46. The minimum atomic E-state index is -0.109. The zero-order valence-electron chi connectivity index (χ0n) is 9.76. The standard InChI is InChI=1S/C11H18N2O2/c1-5-9(15-6-2)10-12-8(4)7(3)11(14)13-10/h9H,5-6H2,1-4H3,(H,12,13,14). The van der Waals surface area contributed by atoms with Crippen molar-refractivity contribution in [3.8, 4) is 0 Å². The number of nitrogens with one attached hydrogen (secondary N) is 1. The largest absolute Gasteiger partial charge is 0.371 e. The van der Waals surface area contributed by atoms with Crippen molar-refractivity contribution in [1.82, 2.24) is 9.97 Å². The maximum atomic E-state index is 11.5.